The Hall–Kier alpha value is -4.61. The zero-order chi connectivity index (χ0) is 33.3. The largest absolute Gasteiger partial charge is 2.00 e. The Labute approximate surface area is 303 Å². The van der Waals surface area contributed by atoms with Crippen LogP contribution >= 0.6 is 0 Å². The maximum absolute atomic E-state index is 6.52. The van der Waals surface area contributed by atoms with Gasteiger partial charge in [0.15, 0.2) is 0 Å². The Morgan fingerprint density at radius 1 is 0.776 bits per heavy atom. The standard InChI is InChI=1S/C41H38BN5O.Pt/c1-25(2)31-12-10-13-32(26(3)4)40(31)42-45(7)36-18-16-29(22-35(36)41-43-19-20-46(41)42)48-30-15-17-34-33-11-8-9-14-37(33)47(38(34)23-30)39-21-27(5)28(6)24-44-39;/h8-21,24-26H,1-7H3;/q-2;+2. The number of rotatable bonds is 6. The van der Waals surface area contributed by atoms with E-state index in [1.807, 2.05) is 24.5 Å². The van der Waals surface area contributed by atoms with Crippen molar-refractivity contribution in [2.75, 3.05) is 11.9 Å². The van der Waals surface area contributed by atoms with Crippen LogP contribution in [0.2, 0.25) is 0 Å². The maximum atomic E-state index is 6.52. The SMILES string of the molecule is Cc1cnc(-n2c3[c-]c(Oc4[c-]c5c(cc4)N(C)B(c4c(C(C)C)cccc4C(C)C)n4ccnc4-5)ccc3c3ccccc32)cc1C.[Pt+2]. The topological polar surface area (TPSA) is 48.1 Å². The van der Waals surface area contributed by atoms with E-state index in [-0.39, 0.29) is 28.0 Å². The fraction of sp³-hybridized carbons (Fsp3) is 0.220. The molecule has 0 radical (unpaired) electrons. The molecular weight excluding hydrogens is 784 g/mol. The molecule has 0 N–H and O–H groups in total. The van der Waals surface area contributed by atoms with Crippen molar-refractivity contribution in [3.63, 3.8) is 0 Å². The van der Waals surface area contributed by atoms with Crippen molar-refractivity contribution in [2.45, 2.75) is 53.4 Å². The molecule has 0 bridgehead atoms. The Morgan fingerprint density at radius 2 is 1.49 bits per heavy atom. The molecule has 0 spiro atoms. The van der Waals surface area contributed by atoms with Crippen LogP contribution in [0.4, 0.5) is 5.69 Å². The van der Waals surface area contributed by atoms with Gasteiger partial charge in [0.2, 0.25) is 0 Å². The Bertz CT molecular complexity index is 2330. The van der Waals surface area contributed by atoms with Gasteiger partial charge in [0, 0.05) is 41.4 Å². The molecule has 1 aliphatic rings. The van der Waals surface area contributed by atoms with Crippen LogP contribution in [0.1, 0.15) is 61.8 Å². The van der Waals surface area contributed by atoms with Crippen LogP contribution in [-0.2, 0) is 21.1 Å². The van der Waals surface area contributed by atoms with Crippen LogP contribution in [0.15, 0.2) is 91.4 Å². The van der Waals surface area contributed by atoms with Gasteiger partial charge in [-0.25, -0.2) is 4.98 Å². The summed E-state index contributed by atoms with van der Waals surface area (Å²) in [5.74, 6) is 3.75. The van der Waals surface area contributed by atoms with Gasteiger partial charge in [-0.05, 0) is 78.0 Å². The number of imidazole rings is 1. The average Bonchev–Trinajstić information content (AvgIpc) is 3.69. The predicted octanol–water partition coefficient (Wildman–Crippen LogP) is 8.99. The summed E-state index contributed by atoms with van der Waals surface area (Å²) in [6.07, 6.45) is 5.91. The number of aromatic nitrogens is 4. The van der Waals surface area contributed by atoms with Gasteiger partial charge >= 0.3 is 28.0 Å². The normalized spacial score (nSPS) is 12.5. The summed E-state index contributed by atoms with van der Waals surface area (Å²) in [5.41, 5.74) is 10.4. The molecule has 7 aromatic rings. The van der Waals surface area contributed by atoms with Crippen LogP contribution in [0.3, 0.4) is 0 Å². The van der Waals surface area contributed by atoms with Crippen molar-refractivity contribution in [2.24, 2.45) is 0 Å². The van der Waals surface area contributed by atoms with Crippen molar-refractivity contribution in [1.82, 2.24) is 19.0 Å². The summed E-state index contributed by atoms with van der Waals surface area (Å²) < 4.78 is 11.0. The number of pyridine rings is 1. The third-order valence-electron chi connectivity index (χ3n) is 9.84. The molecule has 49 heavy (non-hydrogen) atoms. The number of hydrogen-bond donors (Lipinski definition) is 0. The zero-order valence-electron chi connectivity index (χ0n) is 28.9. The third-order valence-corrected chi connectivity index (χ3v) is 9.84. The summed E-state index contributed by atoms with van der Waals surface area (Å²) in [6.45, 7) is 13.3. The van der Waals surface area contributed by atoms with Crippen LogP contribution in [0.25, 0.3) is 39.0 Å². The molecule has 8 heteroatoms. The molecule has 1 aliphatic heterocycles. The first-order valence-corrected chi connectivity index (χ1v) is 16.7. The van der Waals surface area contributed by atoms with E-state index in [1.54, 1.807) is 0 Å². The molecule has 246 valence electrons. The molecule has 0 amide bonds. The molecule has 3 aromatic heterocycles. The van der Waals surface area contributed by atoms with Gasteiger partial charge in [0.05, 0.1) is 0 Å². The minimum absolute atomic E-state index is 0. The summed E-state index contributed by atoms with van der Waals surface area (Å²) in [4.78, 5) is 12.0. The second-order valence-electron chi connectivity index (χ2n) is 13.6. The van der Waals surface area contributed by atoms with E-state index in [0.29, 0.717) is 23.3 Å². The maximum Gasteiger partial charge on any atom is 2.00 e. The van der Waals surface area contributed by atoms with E-state index in [0.717, 1.165) is 50.3 Å². The summed E-state index contributed by atoms with van der Waals surface area (Å²) >= 11 is 0. The Kier molecular flexibility index (Phi) is 8.52. The molecule has 0 unspecified atom stereocenters. The third kappa shape index (κ3) is 5.40. The molecule has 6 nitrogen and oxygen atoms in total. The molecule has 8 rings (SSSR count). The summed E-state index contributed by atoms with van der Waals surface area (Å²) in [7, 11) is 2.17. The van der Waals surface area contributed by atoms with Crippen molar-refractivity contribution >= 4 is 39.9 Å². The van der Waals surface area contributed by atoms with E-state index in [4.69, 9.17) is 14.7 Å². The van der Waals surface area contributed by atoms with Crippen LogP contribution < -0.4 is 15.0 Å². The molecule has 0 aliphatic carbocycles. The van der Waals surface area contributed by atoms with E-state index in [9.17, 15) is 0 Å². The molecule has 0 atom stereocenters. The quantitative estimate of drug-likeness (QED) is 0.124. The number of nitrogens with zero attached hydrogens (tertiary/aromatic N) is 5. The molecule has 0 saturated carbocycles. The minimum atomic E-state index is -0.0251. The number of benzene rings is 4. The second kappa shape index (κ2) is 12.7. The van der Waals surface area contributed by atoms with Crippen molar-refractivity contribution in [3.8, 4) is 28.7 Å². The van der Waals surface area contributed by atoms with Gasteiger partial charge in [-0.15, -0.1) is 23.6 Å². The first kappa shape index (κ1) is 32.9. The van der Waals surface area contributed by atoms with Gasteiger partial charge in [0.25, 0.3) is 0 Å². The van der Waals surface area contributed by atoms with Crippen LogP contribution in [-0.4, -0.2) is 33.0 Å². The van der Waals surface area contributed by atoms with E-state index < -0.39 is 0 Å². The summed E-state index contributed by atoms with van der Waals surface area (Å²) in [5, 5.41) is 2.25. The molecular formula is C41H38BN5OPt. The van der Waals surface area contributed by atoms with Crippen LogP contribution in [0, 0.1) is 26.0 Å². The van der Waals surface area contributed by atoms with E-state index in [2.05, 4.69) is 141 Å². The first-order chi connectivity index (χ1) is 23.2. The van der Waals surface area contributed by atoms with Gasteiger partial charge in [0.1, 0.15) is 5.82 Å². The first-order valence-electron chi connectivity index (χ1n) is 16.7. The van der Waals surface area contributed by atoms with E-state index >= 15 is 0 Å². The Balaban J connectivity index is 0.00000378. The van der Waals surface area contributed by atoms with Crippen molar-refractivity contribution in [1.29, 1.82) is 0 Å². The second-order valence-corrected chi connectivity index (χ2v) is 13.6. The molecule has 4 heterocycles. The summed E-state index contributed by atoms with van der Waals surface area (Å²) in [6, 6.07) is 32.7. The number of aryl methyl sites for hydroxylation is 2. The fourth-order valence-corrected chi connectivity index (χ4v) is 7.27. The van der Waals surface area contributed by atoms with Gasteiger partial charge in [-0.1, -0.05) is 93.0 Å². The molecule has 0 saturated heterocycles. The predicted molar refractivity (Wildman–Crippen MR) is 197 cm³/mol. The minimum Gasteiger partial charge on any atom is -0.503 e. The molecule has 4 aromatic carbocycles. The van der Waals surface area contributed by atoms with Crippen molar-refractivity contribution < 1.29 is 25.8 Å². The van der Waals surface area contributed by atoms with Gasteiger partial charge in [-0.3, -0.25) is 4.98 Å². The Morgan fingerprint density at radius 3 is 2.22 bits per heavy atom. The van der Waals surface area contributed by atoms with Crippen molar-refractivity contribution in [3.05, 3.63) is 126 Å². The van der Waals surface area contributed by atoms with Gasteiger partial charge in [-0.2, -0.15) is 6.07 Å². The number of para-hydroxylation sites is 1. The molecule has 0 fully saturated rings. The smallest absolute Gasteiger partial charge is 0.503 e. The average molecular weight is 823 g/mol. The van der Waals surface area contributed by atoms with E-state index in [1.165, 1.54) is 22.2 Å². The number of ether oxygens (including phenoxy) is 1. The monoisotopic (exact) mass is 822 g/mol. The van der Waals surface area contributed by atoms with Crippen LogP contribution in [0.5, 0.6) is 11.5 Å². The van der Waals surface area contributed by atoms with Gasteiger partial charge < -0.3 is 18.6 Å². The fourth-order valence-electron chi connectivity index (χ4n) is 7.27. The number of anilines is 1. The number of hydrogen-bond acceptors (Lipinski definition) is 4. The number of fused-ring (bicyclic) bond motifs is 6. The zero-order valence-corrected chi connectivity index (χ0v) is 31.1.